The summed E-state index contributed by atoms with van der Waals surface area (Å²) in [5.41, 5.74) is 2.57. The van der Waals surface area contributed by atoms with Crippen molar-refractivity contribution in [2.75, 3.05) is 0 Å². The standard InChI is InChI=1S/C17H18N4O4/c1-17(2,3)14-9-13(21(24)25)8-12(15(14)22)10-19-20-16(23)11-4-6-18-7-5-11/h4-10,22H,1-3H3,(H,20,23). The van der Waals surface area contributed by atoms with Gasteiger partial charge in [-0.3, -0.25) is 19.9 Å². The highest BCUT2D eigenvalue weighted by Gasteiger charge is 2.24. The molecular weight excluding hydrogens is 324 g/mol. The van der Waals surface area contributed by atoms with Crippen LogP contribution in [0.4, 0.5) is 5.69 Å². The minimum atomic E-state index is -0.540. The van der Waals surface area contributed by atoms with E-state index in [4.69, 9.17) is 0 Å². The first-order valence-electron chi connectivity index (χ1n) is 7.45. The summed E-state index contributed by atoms with van der Waals surface area (Å²) in [6.45, 7) is 5.49. The molecule has 25 heavy (non-hydrogen) atoms. The maximum atomic E-state index is 11.9. The van der Waals surface area contributed by atoms with Crippen LogP contribution in [-0.4, -0.2) is 27.1 Å². The first-order valence-corrected chi connectivity index (χ1v) is 7.45. The van der Waals surface area contributed by atoms with E-state index < -0.39 is 16.2 Å². The van der Waals surface area contributed by atoms with Crippen LogP contribution in [0, 0.1) is 10.1 Å². The Labute approximate surface area is 144 Å². The third-order valence-corrected chi connectivity index (χ3v) is 3.46. The SMILES string of the molecule is CC(C)(C)c1cc([N+](=O)[O-])cc(C=NNC(=O)c2ccncc2)c1O. The number of nitro benzene ring substituents is 1. The van der Waals surface area contributed by atoms with Gasteiger partial charge in [-0.1, -0.05) is 20.8 Å². The molecule has 0 saturated carbocycles. The molecule has 0 aliphatic rings. The summed E-state index contributed by atoms with van der Waals surface area (Å²) in [6, 6.07) is 5.58. The maximum absolute atomic E-state index is 11.9. The summed E-state index contributed by atoms with van der Waals surface area (Å²) < 4.78 is 0. The molecule has 2 rings (SSSR count). The lowest BCUT2D eigenvalue weighted by molar-refractivity contribution is -0.385. The number of hydrazone groups is 1. The van der Waals surface area contributed by atoms with Gasteiger partial charge >= 0.3 is 0 Å². The van der Waals surface area contributed by atoms with Crippen LogP contribution in [0.25, 0.3) is 0 Å². The van der Waals surface area contributed by atoms with Crippen LogP contribution in [0.3, 0.4) is 0 Å². The number of nitro groups is 1. The van der Waals surface area contributed by atoms with Gasteiger partial charge in [0.05, 0.1) is 11.1 Å². The number of phenols is 1. The highest BCUT2D eigenvalue weighted by Crippen LogP contribution is 2.35. The van der Waals surface area contributed by atoms with Gasteiger partial charge in [0.15, 0.2) is 0 Å². The van der Waals surface area contributed by atoms with E-state index in [-0.39, 0.29) is 17.0 Å². The third-order valence-electron chi connectivity index (χ3n) is 3.46. The highest BCUT2D eigenvalue weighted by atomic mass is 16.6. The average Bonchev–Trinajstić information content (AvgIpc) is 2.55. The lowest BCUT2D eigenvalue weighted by Gasteiger charge is -2.21. The number of hydrogen-bond donors (Lipinski definition) is 2. The molecular formula is C17H18N4O4. The molecule has 1 aromatic heterocycles. The van der Waals surface area contributed by atoms with E-state index in [2.05, 4.69) is 15.5 Å². The molecule has 0 fully saturated rings. The Morgan fingerprint density at radius 2 is 1.96 bits per heavy atom. The largest absolute Gasteiger partial charge is 0.507 e. The van der Waals surface area contributed by atoms with Crippen molar-refractivity contribution >= 4 is 17.8 Å². The van der Waals surface area contributed by atoms with Crippen molar-refractivity contribution in [1.82, 2.24) is 10.4 Å². The zero-order valence-electron chi connectivity index (χ0n) is 14.1. The number of pyridine rings is 1. The second kappa shape index (κ2) is 7.08. The highest BCUT2D eigenvalue weighted by molar-refractivity contribution is 5.95. The van der Waals surface area contributed by atoms with E-state index in [0.717, 1.165) is 0 Å². The molecule has 1 aromatic carbocycles. The van der Waals surface area contributed by atoms with Gasteiger partial charge in [-0.15, -0.1) is 0 Å². The lowest BCUT2D eigenvalue weighted by atomic mass is 9.85. The summed E-state index contributed by atoms with van der Waals surface area (Å²) in [5.74, 6) is -0.570. The van der Waals surface area contributed by atoms with E-state index >= 15 is 0 Å². The molecule has 2 N–H and O–H groups in total. The zero-order chi connectivity index (χ0) is 18.6. The number of rotatable bonds is 4. The number of amides is 1. The Morgan fingerprint density at radius 3 is 2.52 bits per heavy atom. The van der Waals surface area contributed by atoms with E-state index in [1.807, 2.05) is 20.8 Å². The van der Waals surface area contributed by atoms with Gasteiger partial charge in [-0.2, -0.15) is 5.10 Å². The Balaban J connectivity index is 2.30. The van der Waals surface area contributed by atoms with Crippen LogP contribution in [0.15, 0.2) is 41.8 Å². The number of carbonyl (C=O) groups excluding carboxylic acids is 1. The molecule has 0 atom stereocenters. The number of carbonyl (C=O) groups is 1. The molecule has 8 heteroatoms. The van der Waals surface area contributed by atoms with Crippen LogP contribution >= 0.6 is 0 Å². The maximum Gasteiger partial charge on any atom is 0.271 e. The number of aromatic hydroxyl groups is 1. The molecule has 0 aliphatic carbocycles. The van der Waals surface area contributed by atoms with Gasteiger partial charge in [-0.25, -0.2) is 5.43 Å². The Hall–Kier alpha value is -3.29. The van der Waals surface area contributed by atoms with E-state index in [1.165, 1.54) is 42.9 Å². The topological polar surface area (TPSA) is 118 Å². The van der Waals surface area contributed by atoms with Crippen molar-refractivity contribution in [3.63, 3.8) is 0 Å². The average molecular weight is 342 g/mol. The van der Waals surface area contributed by atoms with Crippen molar-refractivity contribution < 1.29 is 14.8 Å². The summed E-state index contributed by atoms with van der Waals surface area (Å²) in [5, 5.41) is 25.3. The fourth-order valence-corrected chi connectivity index (χ4v) is 2.14. The Morgan fingerprint density at radius 1 is 1.32 bits per heavy atom. The molecule has 0 unspecified atom stereocenters. The lowest BCUT2D eigenvalue weighted by Crippen LogP contribution is -2.17. The fraction of sp³-hybridized carbons (Fsp3) is 0.235. The van der Waals surface area contributed by atoms with E-state index in [0.29, 0.717) is 11.1 Å². The molecule has 0 bridgehead atoms. The van der Waals surface area contributed by atoms with Gasteiger partial charge < -0.3 is 5.11 Å². The van der Waals surface area contributed by atoms with Crippen LogP contribution < -0.4 is 5.43 Å². The van der Waals surface area contributed by atoms with E-state index in [9.17, 15) is 20.0 Å². The minimum absolute atomic E-state index is 0.111. The van der Waals surface area contributed by atoms with Crippen molar-refractivity contribution in [3.8, 4) is 5.75 Å². The molecule has 2 aromatic rings. The molecule has 0 aliphatic heterocycles. The summed E-state index contributed by atoms with van der Waals surface area (Å²) in [7, 11) is 0. The number of phenolic OH excluding ortho intramolecular Hbond substituents is 1. The van der Waals surface area contributed by atoms with Crippen LogP contribution in [0.5, 0.6) is 5.75 Å². The number of nitrogens with one attached hydrogen (secondary N) is 1. The molecule has 0 spiro atoms. The minimum Gasteiger partial charge on any atom is -0.507 e. The van der Waals surface area contributed by atoms with Gasteiger partial charge in [0, 0.05) is 41.2 Å². The number of hydrogen-bond acceptors (Lipinski definition) is 6. The normalized spacial score (nSPS) is 11.5. The van der Waals surface area contributed by atoms with Gasteiger partial charge in [0.2, 0.25) is 0 Å². The second-order valence-corrected chi connectivity index (χ2v) is 6.37. The van der Waals surface area contributed by atoms with Crippen LogP contribution in [0.2, 0.25) is 0 Å². The molecule has 1 heterocycles. The molecule has 1 amide bonds. The van der Waals surface area contributed by atoms with Crippen molar-refractivity contribution in [2.45, 2.75) is 26.2 Å². The first kappa shape index (κ1) is 18.1. The van der Waals surface area contributed by atoms with Crippen LogP contribution in [0.1, 0.15) is 42.3 Å². The predicted octanol–water partition coefficient (Wildman–Crippen LogP) is 2.76. The predicted molar refractivity (Wildman–Crippen MR) is 92.8 cm³/mol. The fourth-order valence-electron chi connectivity index (χ4n) is 2.14. The summed E-state index contributed by atoms with van der Waals surface area (Å²) in [4.78, 5) is 26.3. The summed E-state index contributed by atoms with van der Waals surface area (Å²) in [6.07, 6.45) is 4.12. The second-order valence-electron chi connectivity index (χ2n) is 6.37. The smallest absolute Gasteiger partial charge is 0.271 e. The Kier molecular flexibility index (Phi) is 5.11. The van der Waals surface area contributed by atoms with Gasteiger partial charge in [0.25, 0.3) is 11.6 Å². The van der Waals surface area contributed by atoms with Crippen molar-refractivity contribution in [3.05, 3.63) is 63.5 Å². The van der Waals surface area contributed by atoms with Crippen LogP contribution in [-0.2, 0) is 5.41 Å². The van der Waals surface area contributed by atoms with Gasteiger partial charge in [-0.05, 0) is 17.5 Å². The third kappa shape index (κ3) is 4.37. The quantitative estimate of drug-likeness (QED) is 0.503. The summed E-state index contributed by atoms with van der Waals surface area (Å²) >= 11 is 0. The van der Waals surface area contributed by atoms with Gasteiger partial charge in [0.1, 0.15) is 5.75 Å². The Bertz CT molecular complexity index is 827. The molecule has 0 saturated heterocycles. The number of aromatic nitrogens is 1. The van der Waals surface area contributed by atoms with Crippen molar-refractivity contribution in [1.29, 1.82) is 0 Å². The van der Waals surface area contributed by atoms with Crippen molar-refractivity contribution in [2.24, 2.45) is 5.10 Å². The number of non-ortho nitro benzene ring substituents is 1. The zero-order valence-corrected chi connectivity index (χ0v) is 14.1. The number of benzene rings is 1. The first-order chi connectivity index (χ1) is 11.7. The monoisotopic (exact) mass is 342 g/mol. The molecule has 8 nitrogen and oxygen atoms in total. The molecule has 0 radical (unpaired) electrons. The van der Waals surface area contributed by atoms with E-state index in [1.54, 1.807) is 0 Å². The number of nitrogens with zero attached hydrogens (tertiary/aromatic N) is 3. The molecule has 130 valence electrons.